The van der Waals surface area contributed by atoms with Crippen LogP contribution in [0.2, 0.25) is 0 Å². The van der Waals surface area contributed by atoms with Crippen LogP contribution in [0.15, 0.2) is 158 Å². The van der Waals surface area contributed by atoms with Gasteiger partial charge in [0, 0.05) is 11.1 Å². The molecule has 0 unspecified atom stereocenters. The number of amides is 1. The van der Waals surface area contributed by atoms with E-state index >= 15 is 4.79 Å². The third-order valence-electron chi connectivity index (χ3n) is 9.69. The minimum absolute atomic E-state index is 0.0105. The van der Waals surface area contributed by atoms with Crippen LogP contribution in [0.5, 0.6) is 11.5 Å². The summed E-state index contributed by atoms with van der Waals surface area (Å²) in [5.74, 6) is -1.55. The lowest BCUT2D eigenvalue weighted by atomic mass is 9.85. The molecule has 8 heteroatoms. The van der Waals surface area contributed by atoms with Crippen molar-refractivity contribution in [2.24, 2.45) is 0 Å². The Bertz CT molecular complexity index is 2810. The average molecular weight is 736 g/mol. The zero-order chi connectivity index (χ0) is 38.6. The largest absolute Gasteiger partial charge is 0.507 e. The van der Waals surface area contributed by atoms with Gasteiger partial charge in [-0.05, 0) is 67.7 Å². The second-order valence-electron chi connectivity index (χ2n) is 13.2. The second kappa shape index (κ2) is 15.4. The maximum absolute atomic E-state index is 15.2. The van der Waals surface area contributed by atoms with Crippen molar-refractivity contribution < 1.29 is 33.8 Å². The predicted octanol–water partition coefficient (Wildman–Crippen LogP) is 10.5. The topological polar surface area (TPSA) is 119 Å². The van der Waals surface area contributed by atoms with Gasteiger partial charge in [0.25, 0.3) is 0 Å². The lowest BCUT2D eigenvalue weighted by Gasteiger charge is -2.21. The standard InChI is InChI=1S/C48H33NO7/c50-27-40-43(46(53)39-24-33-18-8-10-20-35(33)26-42(39)51)36-21-11-12-22-37(36)44(47(40)55-28-30-13-3-1-4-14-30)45(52)38-23-32-17-7-9-19-34(32)25-41(38)49-48(54)56-29-31-15-5-2-6-16-31/h1-27,51H,28-29H2,(H,49,54). The number of carbonyl (C=O) groups excluding carboxylic acids is 4. The number of ether oxygens (including phenoxy) is 2. The van der Waals surface area contributed by atoms with E-state index in [4.69, 9.17) is 9.47 Å². The number of aldehydes is 1. The number of fused-ring (bicyclic) bond motifs is 3. The highest BCUT2D eigenvalue weighted by molar-refractivity contribution is 6.29. The van der Waals surface area contributed by atoms with Gasteiger partial charge in [-0.15, -0.1) is 0 Å². The van der Waals surface area contributed by atoms with Crippen molar-refractivity contribution in [3.05, 3.63) is 197 Å². The number of carbonyl (C=O) groups is 4. The first-order valence-electron chi connectivity index (χ1n) is 17.9. The molecule has 0 fully saturated rings. The van der Waals surface area contributed by atoms with Gasteiger partial charge in [-0.3, -0.25) is 19.7 Å². The van der Waals surface area contributed by atoms with Crippen molar-refractivity contribution in [1.82, 2.24) is 0 Å². The minimum Gasteiger partial charge on any atom is -0.507 e. The Morgan fingerprint density at radius 2 is 1.04 bits per heavy atom. The molecule has 56 heavy (non-hydrogen) atoms. The lowest BCUT2D eigenvalue weighted by Crippen LogP contribution is -2.18. The average Bonchev–Trinajstić information content (AvgIpc) is 3.24. The van der Waals surface area contributed by atoms with Crippen molar-refractivity contribution in [3.63, 3.8) is 0 Å². The third-order valence-corrected chi connectivity index (χ3v) is 9.69. The van der Waals surface area contributed by atoms with Crippen molar-refractivity contribution in [3.8, 4) is 11.5 Å². The molecular weight excluding hydrogens is 703 g/mol. The molecule has 0 aliphatic rings. The van der Waals surface area contributed by atoms with Crippen LogP contribution in [-0.2, 0) is 18.0 Å². The predicted molar refractivity (Wildman–Crippen MR) is 217 cm³/mol. The van der Waals surface area contributed by atoms with Gasteiger partial charge < -0.3 is 14.6 Å². The molecule has 0 aliphatic carbocycles. The van der Waals surface area contributed by atoms with Crippen LogP contribution >= 0.6 is 0 Å². The van der Waals surface area contributed by atoms with Crippen LogP contribution in [0.25, 0.3) is 32.3 Å². The van der Waals surface area contributed by atoms with Crippen molar-refractivity contribution >= 4 is 62.0 Å². The van der Waals surface area contributed by atoms with Crippen molar-refractivity contribution in [1.29, 1.82) is 0 Å². The Labute approximate surface area is 321 Å². The molecular formula is C48H33NO7. The third kappa shape index (κ3) is 6.95. The van der Waals surface area contributed by atoms with Gasteiger partial charge in [0.05, 0.1) is 22.4 Å². The molecule has 2 N–H and O–H groups in total. The number of nitrogens with one attached hydrogen (secondary N) is 1. The zero-order valence-corrected chi connectivity index (χ0v) is 29.9. The molecule has 0 saturated heterocycles. The smallest absolute Gasteiger partial charge is 0.411 e. The summed E-state index contributed by atoms with van der Waals surface area (Å²) >= 11 is 0. The summed E-state index contributed by atoms with van der Waals surface area (Å²) in [6.07, 6.45) is -0.261. The van der Waals surface area contributed by atoms with Crippen LogP contribution in [0.4, 0.5) is 10.5 Å². The van der Waals surface area contributed by atoms with E-state index in [9.17, 15) is 19.5 Å². The van der Waals surface area contributed by atoms with E-state index in [0.717, 1.165) is 32.7 Å². The Hall–Kier alpha value is -7.58. The molecule has 0 heterocycles. The van der Waals surface area contributed by atoms with Crippen molar-refractivity contribution in [2.75, 3.05) is 5.32 Å². The quantitative estimate of drug-likeness (QED) is 0.100. The number of phenols is 1. The van der Waals surface area contributed by atoms with E-state index in [1.54, 1.807) is 42.5 Å². The van der Waals surface area contributed by atoms with Gasteiger partial charge >= 0.3 is 6.09 Å². The summed E-state index contributed by atoms with van der Waals surface area (Å²) in [7, 11) is 0. The number of hydrogen-bond acceptors (Lipinski definition) is 7. The lowest BCUT2D eigenvalue weighted by molar-refractivity contribution is 0.101. The molecule has 8 nitrogen and oxygen atoms in total. The molecule has 1 amide bonds. The summed E-state index contributed by atoms with van der Waals surface area (Å²) < 4.78 is 12.0. The van der Waals surface area contributed by atoms with E-state index in [0.29, 0.717) is 17.1 Å². The summed E-state index contributed by atoms with van der Waals surface area (Å²) in [5.41, 5.74) is 1.66. The number of aromatic hydroxyl groups is 1. The fourth-order valence-electron chi connectivity index (χ4n) is 6.98. The molecule has 8 aromatic carbocycles. The normalized spacial score (nSPS) is 11.0. The number of hydrogen-bond donors (Lipinski definition) is 2. The monoisotopic (exact) mass is 735 g/mol. The number of benzene rings is 8. The molecule has 0 saturated carbocycles. The summed E-state index contributed by atoms with van der Waals surface area (Å²) in [6.45, 7) is -0.0274. The maximum atomic E-state index is 15.2. The SMILES string of the molecule is O=Cc1c(OCc2ccccc2)c(C(=O)c2cc3ccccc3cc2NC(=O)OCc2ccccc2)c2ccccc2c1C(=O)c1cc2ccccc2cc1O. The summed E-state index contributed by atoms with van der Waals surface area (Å²) in [5, 5.41) is 17.5. The van der Waals surface area contributed by atoms with E-state index in [1.165, 1.54) is 6.07 Å². The highest BCUT2D eigenvalue weighted by Gasteiger charge is 2.31. The molecule has 8 rings (SSSR count). The fourth-order valence-corrected chi connectivity index (χ4v) is 6.98. The fraction of sp³-hybridized carbons (Fsp3) is 0.0417. The van der Waals surface area contributed by atoms with Crippen LogP contribution in [-0.4, -0.2) is 29.1 Å². The highest BCUT2D eigenvalue weighted by atomic mass is 16.5. The van der Waals surface area contributed by atoms with Crippen LogP contribution in [0.3, 0.4) is 0 Å². The van der Waals surface area contributed by atoms with Gasteiger partial charge in [0.2, 0.25) is 0 Å². The van der Waals surface area contributed by atoms with E-state index in [1.807, 2.05) is 109 Å². The molecule has 0 bridgehead atoms. The number of phenolic OH excluding ortho intramolecular Hbond substituents is 1. The first-order chi connectivity index (χ1) is 27.4. The van der Waals surface area contributed by atoms with Gasteiger partial charge in [0.1, 0.15) is 24.7 Å². The number of rotatable bonds is 11. The minimum atomic E-state index is -0.770. The van der Waals surface area contributed by atoms with Gasteiger partial charge in [-0.2, -0.15) is 0 Å². The van der Waals surface area contributed by atoms with Crippen LogP contribution in [0.1, 0.15) is 53.3 Å². The first kappa shape index (κ1) is 35.4. The molecule has 8 aromatic rings. The highest BCUT2D eigenvalue weighted by Crippen LogP contribution is 2.41. The van der Waals surface area contributed by atoms with Gasteiger partial charge in [-0.1, -0.05) is 133 Å². The summed E-state index contributed by atoms with van der Waals surface area (Å²) in [4.78, 5) is 56.5. The molecule has 0 spiro atoms. The van der Waals surface area contributed by atoms with E-state index in [2.05, 4.69) is 5.32 Å². The zero-order valence-electron chi connectivity index (χ0n) is 29.9. The van der Waals surface area contributed by atoms with Gasteiger partial charge in [-0.25, -0.2) is 4.79 Å². The van der Waals surface area contributed by atoms with Crippen LogP contribution < -0.4 is 10.1 Å². The number of anilines is 1. The Kier molecular flexibility index (Phi) is 9.76. The van der Waals surface area contributed by atoms with E-state index < -0.39 is 17.7 Å². The van der Waals surface area contributed by atoms with Gasteiger partial charge in [0.15, 0.2) is 17.9 Å². The molecule has 0 atom stereocenters. The second-order valence-corrected chi connectivity index (χ2v) is 13.2. The Morgan fingerprint density at radius 1 is 0.554 bits per heavy atom. The Balaban J connectivity index is 1.31. The van der Waals surface area contributed by atoms with E-state index in [-0.39, 0.29) is 58.2 Å². The summed E-state index contributed by atoms with van der Waals surface area (Å²) in [6, 6.07) is 46.4. The Morgan fingerprint density at radius 3 is 1.64 bits per heavy atom. The van der Waals surface area contributed by atoms with Crippen LogP contribution in [0, 0.1) is 0 Å². The number of ketones is 2. The van der Waals surface area contributed by atoms with Crippen molar-refractivity contribution in [2.45, 2.75) is 13.2 Å². The first-order valence-corrected chi connectivity index (χ1v) is 17.9. The molecule has 0 radical (unpaired) electrons. The molecule has 0 aromatic heterocycles. The molecule has 272 valence electrons. The maximum Gasteiger partial charge on any atom is 0.411 e. The molecule has 0 aliphatic heterocycles.